The van der Waals surface area contributed by atoms with Gasteiger partial charge in [-0.25, -0.2) is 0 Å². The molecule has 2 aliphatic rings. The fourth-order valence-corrected chi connectivity index (χ4v) is 7.12. The van der Waals surface area contributed by atoms with Crippen molar-refractivity contribution in [2.45, 2.75) is 29.5 Å². The topological polar surface area (TPSA) is 143 Å². The number of carbonyl (C=O) groups excluding carboxylic acids is 2. The van der Waals surface area contributed by atoms with Crippen LogP contribution in [0.1, 0.15) is 30.1 Å². The summed E-state index contributed by atoms with van der Waals surface area (Å²) in [6.07, 6.45) is 1.76. The third-order valence-electron chi connectivity index (χ3n) is 6.29. The summed E-state index contributed by atoms with van der Waals surface area (Å²) in [5.41, 5.74) is 8.81. The molecule has 1 aromatic carbocycles. The summed E-state index contributed by atoms with van der Waals surface area (Å²) in [7, 11) is 3.08. The van der Waals surface area contributed by atoms with Crippen LogP contribution >= 0.6 is 34.4 Å². The van der Waals surface area contributed by atoms with Crippen LogP contribution in [0.3, 0.4) is 0 Å². The molecular formula is C26H24N6O4S3. The summed E-state index contributed by atoms with van der Waals surface area (Å²) in [5, 5.41) is 23.8. The van der Waals surface area contributed by atoms with E-state index in [1.54, 1.807) is 23.1 Å². The van der Waals surface area contributed by atoms with Crippen molar-refractivity contribution in [2.24, 2.45) is 5.73 Å². The highest BCUT2D eigenvalue weighted by Gasteiger charge is 2.41. The van der Waals surface area contributed by atoms with Crippen molar-refractivity contribution < 1.29 is 19.1 Å². The molecule has 0 saturated heterocycles. The molecule has 0 fully saturated rings. The van der Waals surface area contributed by atoms with Crippen molar-refractivity contribution >= 4 is 56.9 Å². The predicted octanol–water partition coefficient (Wildman–Crippen LogP) is 4.65. The first-order chi connectivity index (χ1) is 18.9. The van der Waals surface area contributed by atoms with Crippen molar-refractivity contribution in [1.29, 1.82) is 5.26 Å². The number of carbonyl (C=O) groups is 2. The Bertz CT molecular complexity index is 1500. The number of nitriles is 1. The zero-order chi connectivity index (χ0) is 27.5. The molecule has 1 unspecified atom stereocenters. The highest BCUT2D eigenvalue weighted by molar-refractivity contribution is 8.01. The minimum atomic E-state index is -0.477. The van der Waals surface area contributed by atoms with E-state index in [0.29, 0.717) is 57.1 Å². The first-order valence-corrected chi connectivity index (χ1v) is 14.6. The maximum atomic E-state index is 13.1. The van der Waals surface area contributed by atoms with Gasteiger partial charge in [0.15, 0.2) is 10.1 Å². The maximum absolute atomic E-state index is 13.1. The number of allylic oxidation sites excluding steroid dienone is 3. The number of anilines is 2. The molecule has 10 nitrogen and oxygen atoms in total. The van der Waals surface area contributed by atoms with E-state index in [-0.39, 0.29) is 23.3 Å². The molecule has 3 N–H and O–H groups in total. The Morgan fingerprint density at radius 2 is 2.03 bits per heavy atom. The third kappa shape index (κ3) is 5.36. The van der Waals surface area contributed by atoms with E-state index in [2.05, 4.69) is 21.6 Å². The summed E-state index contributed by atoms with van der Waals surface area (Å²) in [5.74, 6) is 0.770. The van der Waals surface area contributed by atoms with Crippen LogP contribution in [0.4, 0.5) is 10.8 Å². The summed E-state index contributed by atoms with van der Waals surface area (Å²) in [4.78, 5) is 28.4. The summed E-state index contributed by atoms with van der Waals surface area (Å²) >= 11 is 3.98. The van der Waals surface area contributed by atoms with Gasteiger partial charge in [0.2, 0.25) is 11.0 Å². The van der Waals surface area contributed by atoms with E-state index in [4.69, 9.17) is 15.2 Å². The van der Waals surface area contributed by atoms with Crippen molar-refractivity contribution in [2.75, 3.05) is 30.2 Å². The molecule has 5 rings (SSSR count). The molecule has 0 radical (unpaired) electrons. The second-order valence-electron chi connectivity index (χ2n) is 8.62. The Morgan fingerprint density at radius 1 is 1.26 bits per heavy atom. The van der Waals surface area contributed by atoms with Gasteiger partial charge in [-0.05, 0) is 24.3 Å². The van der Waals surface area contributed by atoms with Gasteiger partial charge in [-0.2, -0.15) is 5.26 Å². The lowest BCUT2D eigenvalue weighted by atomic mass is 9.78. The Kier molecular flexibility index (Phi) is 7.87. The van der Waals surface area contributed by atoms with Crippen LogP contribution in [0, 0.1) is 11.3 Å². The quantitative estimate of drug-likeness (QED) is 0.361. The first-order valence-electron chi connectivity index (χ1n) is 11.9. The van der Waals surface area contributed by atoms with Crippen LogP contribution in [-0.4, -0.2) is 41.9 Å². The lowest BCUT2D eigenvalue weighted by Crippen LogP contribution is -2.38. The van der Waals surface area contributed by atoms with E-state index in [9.17, 15) is 14.9 Å². The SMILES string of the molecule is COc1cc(NC(=O)CSc2nnc(N3C(N)=C(C#N)C(c4cccs4)C4=C3CCCC4=O)s2)cc(OC)c1. The lowest BCUT2D eigenvalue weighted by Gasteiger charge is -2.37. The standard InChI is InChI=1S/C26H24N6O4S3/c1-35-15-9-14(10-16(11-15)36-2)29-21(34)13-38-26-31-30-25(39-26)32-18-5-3-6-19(33)23(18)22(17(12-27)24(32)28)20-7-4-8-37-20/h4,7-11,22H,3,5-6,13,28H2,1-2H3,(H,29,34). The van der Waals surface area contributed by atoms with E-state index < -0.39 is 5.92 Å². The number of hydrogen-bond donors (Lipinski definition) is 2. The van der Waals surface area contributed by atoms with Gasteiger partial charge < -0.3 is 20.5 Å². The van der Waals surface area contributed by atoms with Crippen LogP contribution in [0.15, 0.2) is 62.7 Å². The van der Waals surface area contributed by atoms with E-state index in [1.165, 1.54) is 48.7 Å². The number of ether oxygens (including phenoxy) is 2. The van der Waals surface area contributed by atoms with Crippen molar-refractivity contribution in [3.63, 3.8) is 0 Å². The zero-order valence-corrected chi connectivity index (χ0v) is 23.5. The first kappa shape index (κ1) is 26.7. The Morgan fingerprint density at radius 3 is 2.69 bits per heavy atom. The van der Waals surface area contributed by atoms with Gasteiger partial charge in [0, 0.05) is 46.5 Å². The molecule has 3 aromatic rings. The van der Waals surface area contributed by atoms with E-state index >= 15 is 0 Å². The number of ketones is 1. The molecular weight excluding hydrogens is 557 g/mol. The Labute approximate surface area is 237 Å². The lowest BCUT2D eigenvalue weighted by molar-refractivity contribution is -0.116. The van der Waals surface area contributed by atoms with Gasteiger partial charge in [-0.3, -0.25) is 14.5 Å². The number of aromatic nitrogens is 2. The van der Waals surface area contributed by atoms with Crippen molar-refractivity contribution in [3.8, 4) is 17.6 Å². The number of thiophene rings is 1. The largest absolute Gasteiger partial charge is 0.497 e. The van der Waals surface area contributed by atoms with Crippen LogP contribution < -0.4 is 25.4 Å². The molecule has 1 aliphatic carbocycles. The minimum Gasteiger partial charge on any atom is -0.497 e. The molecule has 13 heteroatoms. The Hall–Kier alpha value is -3.86. The maximum Gasteiger partial charge on any atom is 0.234 e. The molecule has 0 spiro atoms. The van der Waals surface area contributed by atoms with Gasteiger partial charge in [0.25, 0.3) is 0 Å². The van der Waals surface area contributed by atoms with Gasteiger partial charge in [-0.1, -0.05) is 29.2 Å². The molecule has 0 saturated carbocycles. The number of hydrogen-bond acceptors (Lipinski definition) is 12. The fraction of sp³-hybridized carbons (Fsp3) is 0.269. The monoisotopic (exact) mass is 580 g/mol. The number of Topliss-reactive ketones (excluding diaryl/α,β-unsaturated/α-hetero) is 1. The molecule has 3 heterocycles. The van der Waals surface area contributed by atoms with Crippen molar-refractivity contribution in [3.05, 3.63) is 63.3 Å². The van der Waals surface area contributed by atoms with Gasteiger partial charge in [-0.15, -0.1) is 21.5 Å². The molecule has 2 aromatic heterocycles. The van der Waals surface area contributed by atoms with Crippen LogP contribution in [-0.2, 0) is 9.59 Å². The number of nitrogens with one attached hydrogen (secondary N) is 1. The van der Waals surface area contributed by atoms with Gasteiger partial charge in [0.1, 0.15) is 17.3 Å². The average Bonchev–Trinajstić information content (AvgIpc) is 3.64. The number of thioether (sulfide) groups is 1. The normalized spacial score (nSPS) is 17.1. The molecule has 1 atom stereocenters. The Balaban J connectivity index is 1.36. The minimum absolute atomic E-state index is 0.0184. The number of benzene rings is 1. The highest BCUT2D eigenvalue weighted by Crippen LogP contribution is 2.48. The molecule has 1 aliphatic heterocycles. The van der Waals surface area contributed by atoms with Crippen LogP contribution in [0.25, 0.3) is 0 Å². The second kappa shape index (κ2) is 11.5. The summed E-state index contributed by atoms with van der Waals surface area (Å²) in [6.45, 7) is 0. The zero-order valence-electron chi connectivity index (χ0n) is 21.1. The van der Waals surface area contributed by atoms with Crippen LogP contribution in [0.2, 0.25) is 0 Å². The number of methoxy groups -OCH3 is 2. The summed E-state index contributed by atoms with van der Waals surface area (Å²) in [6, 6.07) is 11.2. The van der Waals surface area contributed by atoms with Gasteiger partial charge in [0.05, 0.1) is 37.5 Å². The average molecular weight is 581 g/mol. The summed E-state index contributed by atoms with van der Waals surface area (Å²) < 4.78 is 11.1. The number of nitrogens with two attached hydrogens (primary N) is 1. The fourth-order valence-electron chi connectivity index (χ4n) is 4.60. The van der Waals surface area contributed by atoms with Gasteiger partial charge >= 0.3 is 0 Å². The number of amides is 1. The molecule has 200 valence electrons. The van der Waals surface area contributed by atoms with Crippen molar-refractivity contribution in [1.82, 2.24) is 10.2 Å². The number of rotatable bonds is 8. The third-order valence-corrected chi connectivity index (χ3v) is 9.27. The highest BCUT2D eigenvalue weighted by atomic mass is 32.2. The van der Waals surface area contributed by atoms with Crippen LogP contribution in [0.5, 0.6) is 11.5 Å². The van der Waals surface area contributed by atoms with E-state index in [1.807, 2.05) is 17.5 Å². The number of nitrogens with zero attached hydrogens (tertiary/aromatic N) is 4. The van der Waals surface area contributed by atoms with E-state index in [0.717, 1.165) is 10.6 Å². The molecule has 1 amide bonds. The second-order valence-corrected chi connectivity index (χ2v) is 11.8. The molecule has 39 heavy (non-hydrogen) atoms. The molecule has 0 bridgehead atoms. The predicted molar refractivity (Wildman–Crippen MR) is 151 cm³/mol. The smallest absolute Gasteiger partial charge is 0.234 e.